The molecule has 21 heavy (non-hydrogen) atoms. The van der Waals surface area contributed by atoms with E-state index in [0.29, 0.717) is 0 Å². The average molecular weight is 288 g/mol. The highest BCUT2D eigenvalue weighted by Crippen LogP contribution is 2.28. The van der Waals surface area contributed by atoms with Crippen LogP contribution in [-0.4, -0.2) is 40.2 Å². The third-order valence-electron chi connectivity index (χ3n) is 4.26. The Labute approximate surface area is 125 Å². The summed E-state index contributed by atoms with van der Waals surface area (Å²) in [5.41, 5.74) is 2.16. The quantitative estimate of drug-likeness (QED) is 0.881. The Morgan fingerprint density at radius 1 is 1.38 bits per heavy atom. The highest BCUT2D eigenvalue weighted by atomic mass is 16.3. The molecule has 114 valence electrons. The van der Waals surface area contributed by atoms with Crippen molar-refractivity contribution in [3.63, 3.8) is 0 Å². The summed E-state index contributed by atoms with van der Waals surface area (Å²) in [6.45, 7) is 5.03. The number of fused-ring (bicyclic) bond motifs is 1. The molecule has 0 saturated carbocycles. The molecule has 1 aliphatic rings. The van der Waals surface area contributed by atoms with Gasteiger partial charge in [0.25, 0.3) is 0 Å². The zero-order valence-corrected chi connectivity index (χ0v) is 12.6. The van der Waals surface area contributed by atoms with E-state index >= 15 is 0 Å². The van der Waals surface area contributed by atoms with Crippen molar-refractivity contribution in [2.45, 2.75) is 38.8 Å². The number of aliphatic hydroxyl groups excluding tert-OH is 1. The fraction of sp³-hybridized carbons (Fsp3) is 0.562. The van der Waals surface area contributed by atoms with Gasteiger partial charge in [-0.3, -0.25) is 0 Å². The number of nitrogens with zero attached hydrogens (tertiary/aromatic N) is 3. The van der Waals surface area contributed by atoms with Crippen LogP contribution < -0.4 is 10.2 Å². The van der Waals surface area contributed by atoms with Crippen molar-refractivity contribution < 1.29 is 5.11 Å². The van der Waals surface area contributed by atoms with Gasteiger partial charge in [0.2, 0.25) is 0 Å². The fourth-order valence-electron chi connectivity index (χ4n) is 3.14. The van der Waals surface area contributed by atoms with Gasteiger partial charge in [-0.2, -0.15) is 0 Å². The summed E-state index contributed by atoms with van der Waals surface area (Å²) >= 11 is 0. The van der Waals surface area contributed by atoms with Gasteiger partial charge < -0.3 is 19.7 Å². The second-order valence-electron chi connectivity index (χ2n) is 5.62. The van der Waals surface area contributed by atoms with Crippen LogP contribution in [-0.2, 0) is 6.54 Å². The molecule has 5 nitrogen and oxygen atoms in total. The lowest BCUT2D eigenvalue weighted by atomic mass is 10.0. The predicted molar refractivity (Wildman–Crippen MR) is 84.6 cm³/mol. The van der Waals surface area contributed by atoms with E-state index in [0.717, 1.165) is 37.5 Å². The number of pyridine rings is 1. The first-order valence-corrected chi connectivity index (χ1v) is 7.89. The van der Waals surface area contributed by atoms with Crippen molar-refractivity contribution in [2.75, 3.05) is 24.6 Å². The minimum absolute atomic E-state index is 0.198. The predicted octanol–water partition coefficient (Wildman–Crippen LogP) is 1.79. The van der Waals surface area contributed by atoms with Crippen LogP contribution in [0.25, 0.3) is 5.65 Å². The molecule has 1 atom stereocenters. The van der Waals surface area contributed by atoms with Gasteiger partial charge in [0, 0.05) is 19.3 Å². The van der Waals surface area contributed by atoms with Crippen LogP contribution in [0.15, 0.2) is 24.4 Å². The maximum atomic E-state index is 9.67. The summed E-state index contributed by atoms with van der Waals surface area (Å²) in [5.74, 6) is 1.03. The van der Waals surface area contributed by atoms with Gasteiger partial charge in [-0.15, -0.1) is 0 Å². The van der Waals surface area contributed by atoms with Crippen LogP contribution in [0.1, 0.15) is 31.9 Å². The molecule has 2 aromatic rings. The first-order valence-electron chi connectivity index (χ1n) is 7.89. The van der Waals surface area contributed by atoms with Gasteiger partial charge in [0.05, 0.1) is 18.3 Å². The van der Waals surface area contributed by atoms with Gasteiger partial charge >= 0.3 is 0 Å². The Bertz CT molecular complexity index is 595. The number of aromatic nitrogens is 2. The summed E-state index contributed by atoms with van der Waals surface area (Å²) in [6.07, 6.45) is 5.48. The third kappa shape index (κ3) is 2.76. The molecule has 1 fully saturated rings. The van der Waals surface area contributed by atoms with Crippen molar-refractivity contribution in [2.24, 2.45) is 0 Å². The molecule has 1 saturated heterocycles. The van der Waals surface area contributed by atoms with Crippen molar-refractivity contribution >= 4 is 11.5 Å². The summed E-state index contributed by atoms with van der Waals surface area (Å²) in [5, 5.41) is 13.1. The minimum atomic E-state index is 0.198. The number of rotatable bonds is 5. The zero-order valence-electron chi connectivity index (χ0n) is 12.6. The van der Waals surface area contributed by atoms with Crippen LogP contribution in [0, 0.1) is 0 Å². The van der Waals surface area contributed by atoms with Crippen LogP contribution in [0.3, 0.4) is 0 Å². The molecule has 1 aliphatic heterocycles. The zero-order chi connectivity index (χ0) is 14.7. The van der Waals surface area contributed by atoms with E-state index in [1.54, 1.807) is 0 Å². The van der Waals surface area contributed by atoms with Crippen LogP contribution in [0.5, 0.6) is 0 Å². The summed E-state index contributed by atoms with van der Waals surface area (Å²) in [7, 11) is 0. The molecule has 0 spiro atoms. The van der Waals surface area contributed by atoms with Crippen molar-refractivity contribution in [1.29, 1.82) is 0 Å². The SMILES string of the molecule is CCNCc1c(N2CCCCC2CO)nc2ccccn12. The Kier molecular flexibility index (Phi) is 4.41. The van der Waals surface area contributed by atoms with Crippen molar-refractivity contribution in [1.82, 2.24) is 14.7 Å². The van der Waals surface area contributed by atoms with Crippen LogP contribution in [0.2, 0.25) is 0 Å². The van der Waals surface area contributed by atoms with Gasteiger partial charge in [-0.25, -0.2) is 4.98 Å². The summed E-state index contributed by atoms with van der Waals surface area (Å²) in [6, 6.07) is 6.29. The highest BCUT2D eigenvalue weighted by Gasteiger charge is 2.26. The Morgan fingerprint density at radius 3 is 3.10 bits per heavy atom. The molecule has 0 aliphatic carbocycles. The number of aliphatic hydroxyl groups is 1. The molecule has 0 bridgehead atoms. The first-order chi connectivity index (χ1) is 10.3. The standard InChI is InChI=1S/C16H24N4O/c1-2-17-11-14-16(18-15-8-4-6-10-20(14)15)19-9-5-3-7-13(19)12-21/h4,6,8,10,13,17,21H,2-3,5,7,9,11-12H2,1H3. The number of anilines is 1. The van der Waals surface area contributed by atoms with Gasteiger partial charge in [0.15, 0.2) is 5.82 Å². The molecular formula is C16H24N4O. The van der Waals surface area contributed by atoms with E-state index in [-0.39, 0.29) is 12.6 Å². The van der Waals surface area contributed by atoms with Gasteiger partial charge in [-0.05, 0) is 37.9 Å². The van der Waals surface area contributed by atoms with Crippen LogP contribution in [0.4, 0.5) is 5.82 Å². The highest BCUT2D eigenvalue weighted by molar-refractivity contribution is 5.56. The van der Waals surface area contributed by atoms with E-state index in [1.807, 2.05) is 18.2 Å². The molecule has 2 aromatic heterocycles. The van der Waals surface area contributed by atoms with Crippen molar-refractivity contribution in [3.05, 3.63) is 30.1 Å². The molecule has 0 aromatic carbocycles. The monoisotopic (exact) mass is 288 g/mol. The number of hydrogen-bond acceptors (Lipinski definition) is 4. The van der Waals surface area contributed by atoms with Gasteiger partial charge in [-0.1, -0.05) is 13.0 Å². The maximum Gasteiger partial charge on any atom is 0.152 e. The minimum Gasteiger partial charge on any atom is -0.394 e. The number of hydrogen-bond donors (Lipinski definition) is 2. The van der Waals surface area contributed by atoms with E-state index in [1.165, 1.54) is 18.5 Å². The van der Waals surface area contributed by atoms with E-state index in [9.17, 15) is 5.11 Å². The number of imidazole rings is 1. The molecular weight excluding hydrogens is 264 g/mol. The third-order valence-corrected chi connectivity index (χ3v) is 4.26. The topological polar surface area (TPSA) is 52.8 Å². The van der Waals surface area contributed by atoms with E-state index in [4.69, 9.17) is 4.98 Å². The van der Waals surface area contributed by atoms with E-state index < -0.39 is 0 Å². The van der Waals surface area contributed by atoms with Gasteiger partial charge in [0.1, 0.15) is 5.65 Å². The normalized spacial score (nSPS) is 19.3. The molecule has 1 unspecified atom stereocenters. The number of nitrogens with one attached hydrogen (secondary N) is 1. The van der Waals surface area contributed by atoms with Crippen molar-refractivity contribution in [3.8, 4) is 0 Å². The Hall–Kier alpha value is -1.59. The molecule has 0 radical (unpaired) electrons. The molecule has 5 heteroatoms. The molecule has 2 N–H and O–H groups in total. The first kappa shape index (κ1) is 14.4. The Morgan fingerprint density at radius 2 is 2.29 bits per heavy atom. The lowest BCUT2D eigenvalue weighted by Gasteiger charge is -2.35. The summed E-state index contributed by atoms with van der Waals surface area (Å²) < 4.78 is 2.15. The lowest BCUT2D eigenvalue weighted by molar-refractivity contribution is 0.239. The van der Waals surface area contributed by atoms with E-state index in [2.05, 4.69) is 27.7 Å². The maximum absolute atomic E-state index is 9.67. The smallest absolute Gasteiger partial charge is 0.152 e. The molecule has 0 amide bonds. The second kappa shape index (κ2) is 6.45. The van der Waals surface area contributed by atoms with Crippen LogP contribution >= 0.6 is 0 Å². The lowest BCUT2D eigenvalue weighted by Crippen LogP contribution is -2.42. The second-order valence-corrected chi connectivity index (χ2v) is 5.62. The number of piperidine rings is 1. The molecule has 3 heterocycles. The largest absolute Gasteiger partial charge is 0.394 e. The summed E-state index contributed by atoms with van der Waals surface area (Å²) in [4.78, 5) is 7.12. The fourth-order valence-corrected chi connectivity index (χ4v) is 3.14. The Balaban J connectivity index is 2.02. The molecule has 3 rings (SSSR count). The average Bonchev–Trinajstić information content (AvgIpc) is 2.91.